The molecule has 4 nitrogen and oxygen atoms in total. The number of carbonyl (C=O) groups is 1. The Morgan fingerprint density at radius 1 is 1.18 bits per heavy atom. The summed E-state index contributed by atoms with van der Waals surface area (Å²) in [6.07, 6.45) is -0.565. The highest BCUT2D eigenvalue weighted by Gasteiger charge is 2.31. The molecule has 1 aromatic carbocycles. The minimum Gasteiger partial charge on any atom is -0.463 e. The Morgan fingerprint density at radius 2 is 1.82 bits per heavy atom. The molecule has 1 atom stereocenters. The van der Waals surface area contributed by atoms with Crippen LogP contribution in [0.5, 0.6) is 0 Å². The van der Waals surface area contributed by atoms with Gasteiger partial charge < -0.3 is 14.2 Å². The van der Waals surface area contributed by atoms with Crippen molar-refractivity contribution in [1.82, 2.24) is 0 Å². The summed E-state index contributed by atoms with van der Waals surface area (Å²) in [5.41, 5.74) is 2.03. The number of hydrogen-bond acceptors (Lipinski definition) is 4. The fourth-order valence-electron chi connectivity index (χ4n) is 1.57. The molecule has 0 aromatic heterocycles. The Balaban J connectivity index is 2.15. The molecular formula is C13H14O4. The number of methoxy groups -OCH3 is 1. The van der Waals surface area contributed by atoms with Crippen LogP contribution in [0.25, 0.3) is 0 Å². The van der Waals surface area contributed by atoms with Gasteiger partial charge in [-0.15, -0.1) is 0 Å². The summed E-state index contributed by atoms with van der Waals surface area (Å²) >= 11 is 0. The lowest BCUT2D eigenvalue weighted by Gasteiger charge is -2.11. The third-order valence-corrected chi connectivity index (χ3v) is 2.55. The zero-order valence-corrected chi connectivity index (χ0v) is 10.0. The van der Waals surface area contributed by atoms with E-state index in [4.69, 9.17) is 9.47 Å². The number of carbonyl (C=O) groups excluding carboxylic acids is 1. The maximum atomic E-state index is 11.4. The van der Waals surface area contributed by atoms with Crippen molar-refractivity contribution in [2.24, 2.45) is 0 Å². The van der Waals surface area contributed by atoms with E-state index in [0.717, 1.165) is 11.1 Å². The average molecular weight is 234 g/mol. The highest BCUT2D eigenvalue weighted by atomic mass is 16.7. The molecule has 1 aromatic rings. The van der Waals surface area contributed by atoms with E-state index in [2.05, 4.69) is 4.74 Å². The minimum atomic E-state index is -0.565. The van der Waals surface area contributed by atoms with Crippen LogP contribution in [0.1, 0.15) is 24.3 Å². The first-order chi connectivity index (χ1) is 8.11. The number of rotatable bonds is 2. The van der Waals surface area contributed by atoms with E-state index < -0.39 is 12.3 Å². The standard InChI is InChI=1S/C13H14O4/c1-8-4-6-10(7-5-8)13-16-9(2)11(17-13)12(14)15-3/h4-7,13H,1-3H3/t13-/m1/s1. The van der Waals surface area contributed by atoms with E-state index in [1.54, 1.807) is 6.92 Å². The van der Waals surface area contributed by atoms with Gasteiger partial charge in [0.05, 0.1) is 7.11 Å². The van der Waals surface area contributed by atoms with Crippen LogP contribution in [-0.2, 0) is 19.0 Å². The van der Waals surface area contributed by atoms with Gasteiger partial charge in [-0.3, -0.25) is 0 Å². The fraction of sp³-hybridized carbons (Fsp3) is 0.308. The van der Waals surface area contributed by atoms with E-state index in [9.17, 15) is 4.79 Å². The summed E-state index contributed by atoms with van der Waals surface area (Å²) in [7, 11) is 1.31. The van der Waals surface area contributed by atoms with Gasteiger partial charge in [0, 0.05) is 5.56 Å². The van der Waals surface area contributed by atoms with Crippen molar-refractivity contribution in [3.63, 3.8) is 0 Å². The van der Waals surface area contributed by atoms with Gasteiger partial charge in [0.2, 0.25) is 5.76 Å². The van der Waals surface area contributed by atoms with Gasteiger partial charge >= 0.3 is 5.97 Å². The second-order valence-corrected chi connectivity index (χ2v) is 3.86. The van der Waals surface area contributed by atoms with Crippen LogP contribution in [0, 0.1) is 6.92 Å². The van der Waals surface area contributed by atoms with Crippen LogP contribution >= 0.6 is 0 Å². The smallest absolute Gasteiger partial charge is 0.377 e. The van der Waals surface area contributed by atoms with Gasteiger partial charge in [0.15, 0.2) is 0 Å². The molecule has 0 amide bonds. The summed E-state index contributed by atoms with van der Waals surface area (Å²) in [6, 6.07) is 7.75. The summed E-state index contributed by atoms with van der Waals surface area (Å²) in [4.78, 5) is 11.4. The Hall–Kier alpha value is -1.97. The van der Waals surface area contributed by atoms with E-state index in [-0.39, 0.29) is 5.76 Å². The Labute approximate surface area is 99.8 Å². The molecule has 2 rings (SSSR count). The highest BCUT2D eigenvalue weighted by Crippen LogP contribution is 2.33. The lowest BCUT2D eigenvalue weighted by atomic mass is 10.1. The van der Waals surface area contributed by atoms with Gasteiger partial charge in [-0.25, -0.2) is 4.79 Å². The molecule has 17 heavy (non-hydrogen) atoms. The molecule has 0 fully saturated rings. The third kappa shape index (κ3) is 2.25. The minimum absolute atomic E-state index is 0.137. The second-order valence-electron chi connectivity index (χ2n) is 3.86. The van der Waals surface area contributed by atoms with Crippen LogP contribution in [0.15, 0.2) is 35.8 Å². The number of esters is 1. The van der Waals surface area contributed by atoms with E-state index in [1.807, 2.05) is 31.2 Å². The van der Waals surface area contributed by atoms with Gasteiger partial charge in [-0.1, -0.05) is 29.8 Å². The maximum absolute atomic E-state index is 11.4. The van der Waals surface area contributed by atoms with Crippen molar-refractivity contribution >= 4 is 5.97 Å². The van der Waals surface area contributed by atoms with Gasteiger partial charge in [0.25, 0.3) is 6.29 Å². The molecule has 0 saturated carbocycles. The molecule has 1 heterocycles. The van der Waals surface area contributed by atoms with Crippen molar-refractivity contribution in [3.8, 4) is 0 Å². The van der Waals surface area contributed by atoms with Crippen LogP contribution in [-0.4, -0.2) is 13.1 Å². The SMILES string of the molecule is COC(=O)C1=C(C)O[C@@H](c2ccc(C)cc2)O1. The Kier molecular flexibility index (Phi) is 3.04. The summed E-state index contributed by atoms with van der Waals surface area (Å²) < 4.78 is 15.5. The van der Waals surface area contributed by atoms with Gasteiger partial charge in [-0.05, 0) is 13.8 Å². The Bertz CT molecular complexity index is 459. The van der Waals surface area contributed by atoms with Crippen LogP contribution in [0.4, 0.5) is 0 Å². The number of aryl methyl sites for hydroxylation is 1. The van der Waals surface area contributed by atoms with Crippen LogP contribution < -0.4 is 0 Å². The number of ether oxygens (including phenoxy) is 3. The zero-order chi connectivity index (χ0) is 12.4. The lowest BCUT2D eigenvalue weighted by Crippen LogP contribution is -2.07. The van der Waals surface area contributed by atoms with Crippen LogP contribution in [0.2, 0.25) is 0 Å². The van der Waals surface area contributed by atoms with Crippen molar-refractivity contribution in [2.75, 3.05) is 7.11 Å². The second kappa shape index (κ2) is 4.49. The monoisotopic (exact) mass is 234 g/mol. The van der Waals surface area contributed by atoms with Crippen molar-refractivity contribution < 1.29 is 19.0 Å². The first-order valence-corrected chi connectivity index (χ1v) is 5.31. The van der Waals surface area contributed by atoms with Crippen molar-refractivity contribution in [2.45, 2.75) is 20.1 Å². The molecule has 0 bridgehead atoms. The number of allylic oxidation sites excluding steroid dienone is 1. The topological polar surface area (TPSA) is 44.8 Å². The van der Waals surface area contributed by atoms with Gasteiger partial charge in [0.1, 0.15) is 5.76 Å². The number of benzene rings is 1. The molecule has 0 N–H and O–H groups in total. The summed E-state index contributed by atoms with van der Waals surface area (Å²) in [6.45, 7) is 3.68. The normalized spacial score (nSPS) is 18.6. The van der Waals surface area contributed by atoms with Crippen LogP contribution in [0.3, 0.4) is 0 Å². The van der Waals surface area contributed by atoms with Crippen molar-refractivity contribution in [1.29, 1.82) is 0 Å². The van der Waals surface area contributed by atoms with E-state index in [0.29, 0.717) is 5.76 Å². The molecule has 90 valence electrons. The summed E-state index contributed by atoms with van der Waals surface area (Å²) in [5, 5.41) is 0. The van der Waals surface area contributed by atoms with Crippen molar-refractivity contribution in [3.05, 3.63) is 46.9 Å². The van der Waals surface area contributed by atoms with E-state index in [1.165, 1.54) is 7.11 Å². The molecule has 0 spiro atoms. The molecule has 1 aliphatic heterocycles. The molecule has 0 unspecified atom stereocenters. The average Bonchev–Trinajstić information content (AvgIpc) is 2.71. The largest absolute Gasteiger partial charge is 0.463 e. The maximum Gasteiger partial charge on any atom is 0.377 e. The van der Waals surface area contributed by atoms with Gasteiger partial charge in [-0.2, -0.15) is 0 Å². The summed E-state index contributed by atoms with van der Waals surface area (Å²) in [5.74, 6) is 0.0672. The molecule has 0 aliphatic carbocycles. The lowest BCUT2D eigenvalue weighted by molar-refractivity contribution is -0.142. The quantitative estimate of drug-likeness (QED) is 0.737. The molecule has 1 aliphatic rings. The Morgan fingerprint density at radius 3 is 2.41 bits per heavy atom. The molecule has 4 heteroatoms. The molecular weight excluding hydrogens is 220 g/mol. The third-order valence-electron chi connectivity index (χ3n) is 2.55. The number of hydrogen-bond donors (Lipinski definition) is 0. The first kappa shape index (κ1) is 11.5. The molecule has 0 radical (unpaired) electrons. The zero-order valence-electron chi connectivity index (χ0n) is 10.0. The predicted octanol–water partition coefficient (Wildman–Crippen LogP) is 2.44. The first-order valence-electron chi connectivity index (χ1n) is 5.31. The molecule has 0 saturated heterocycles. The fourth-order valence-corrected chi connectivity index (χ4v) is 1.57. The van der Waals surface area contributed by atoms with E-state index >= 15 is 0 Å². The highest BCUT2D eigenvalue weighted by molar-refractivity contribution is 5.86. The predicted molar refractivity (Wildman–Crippen MR) is 60.8 cm³/mol.